The van der Waals surface area contributed by atoms with Crippen molar-refractivity contribution in [3.8, 4) is 17.0 Å². The molecule has 0 amide bonds. The molecule has 2 nitrogen and oxygen atoms in total. The fraction of sp³-hybridized carbons (Fsp3) is 0.312. The third-order valence-corrected chi connectivity index (χ3v) is 2.99. The summed E-state index contributed by atoms with van der Waals surface area (Å²) in [7, 11) is 1.67. The molecule has 0 aliphatic rings. The van der Waals surface area contributed by atoms with Crippen molar-refractivity contribution in [2.45, 2.75) is 26.2 Å². The minimum absolute atomic E-state index is 0.137. The molecule has 1 aromatic heterocycles. The van der Waals surface area contributed by atoms with Gasteiger partial charge in [-0.2, -0.15) is 0 Å². The zero-order chi connectivity index (χ0) is 13.2. The summed E-state index contributed by atoms with van der Waals surface area (Å²) in [4.78, 5) is 4.42. The van der Waals surface area contributed by atoms with Crippen molar-refractivity contribution in [1.29, 1.82) is 0 Å². The summed E-state index contributed by atoms with van der Waals surface area (Å²) in [6.45, 7) is 6.63. The molecule has 1 heterocycles. The van der Waals surface area contributed by atoms with Crippen LogP contribution in [0.5, 0.6) is 5.75 Å². The highest BCUT2D eigenvalue weighted by molar-refractivity contribution is 5.66. The first-order valence-corrected chi connectivity index (χ1v) is 6.12. The molecule has 18 heavy (non-hydrogen) atoms. The molecule has 94 valence electrons. The lowest BCUT2D eigenvalue weighted by Gasteiger charge is -2.20. The van der Waals surface area contributed by atoms with Gasteiger partial charge in [-0.15, -0.1) is 0 Å². The molecule has 2 aromatic rings. The quantitative estimate of drug-likeness (QED) is 0.791. The Morgan fingerprint density at radius 3 is 2.50 bits per heavy atom. The smallest absolute Gasteiger partial charge is 0.145 e. The van der Waals surface area contributed by atoms with Gasteiger partial charge >= 0.3 is 0 Å². The monoisotopic (exact) mass is 241 g/mol. The molecule has 1 aromatic carbocycles. The van der Waals surface area contributed by atoms with Crippen LogP contribution in [0.4, 0.5) is 0 Å². The van der Waals surface area contributed by atoms with Crippen molar-refractivity contribution >= 4 is 0 Å². The Balaban J connectivity index is 2.51. The standard InChI is InChI=1S/C16H19NO/c1-16(2,3)13-8-5-7-12(11-13)15-14(18-4)9-6-10-17-15/h5-11H,1-4H3. The zero-order valence-electron chi connectivity index (χ0n) is 11.4. The maximum absolute atomic E-state index is 5.36. The van der Waals surface area contributed by atoms with Crippen molar-refractivity contribution in [2.24, 2.45) is 0 Å². The van der Waals surface area contributed by atoms with E-state index in [1.54, 1.807) is 13.3 Å². The van der Waals surface area contributed by atoms with Crippen LogP contribution in [0.3, 0.4) is 0 Å². The predicted octanol–water partition coefficient (Wildman–Crippen LogP) is 4.05. The second-order valence-corrected chi connectivity index (χ2v) is 5.39. The van der Waals surface area contributed by atoms with Crippen LogP contribution in [0, 0.1) is 0 Å². The van der Waals surface area contributed by atoms with E-state index in [0.29, 0.717) is 0 Å². The van der Waals surface area contributed by atoms with Crippen molar-refractivity contribution in [3.05, 3.63) is 48.2 Å². The molecule has 0 bridgehead atoms. The van der Waals surface area contributed by atoms with Crippen LogP contribution in [0.15, 0.2) is 42.6 Å². The van der Waals surface area contributed by atoms with Crippen molar-refractivity contribution in [2.75, 3.05) is 7.11 Å². The lowest BCUT2D eigenvalue weighted by molar-refractivity contribution is 0.415. The van der Waals surface area contributed by atoms with E-state index in [2.05, 4.69) is 50.0 Å². The Bertz CT molecular complexity index is 541. The molecule has 0 saturated heterocycles. The number of hydrogen-bond donors (Lipinski definition) is 0. The number of aromatic nitrogens is 1. The SMILES string of the molecule is COc1cccnc1-c1cccc(C(C)(C)C)c1. The van der Waals surface area contributed by atoms with Gasteiger partial charge in [0.25, 0.3) is 0 Å². The summed E-state index contributed by atoms with van der Waals surface area (Å²) in [5, 5.41) is 0. The number of nitrogens with zero attached hydrogens (tertiary/aromatic N) is 1. The predicted molar refractivity (Wildman–Crippen MR) is 74.9 cm³/mol. The maximum Gasteiger partial charge on any atom is 0.145 e. The fourth-order valence-electron chi connectivity index (χ4n) is 1.91. The highest BCUT2D eigenvalue weighted by atomic mass is 16.5. The first-order chi connectivity index (χ1) is 8.52. The molecule has 0 aliphatic carbocycles. The molecule has 0 fully saturated rings. The Morgan fingerprint density at radius 1 is 1.06 bits per heavy atom. The highest BCUT2D eigenvalue weighted by Crippen LogP contribution is 2.30. The summed E-state index contributed by atoms with van der Waals surface area (Å²) in [5.74, 6) is 0.809. The van der Waals surface area contributed by atoms with E-state index in [4.69, 9.17) is 4.74 Å². The summed E-state index contributed by atoms with van der Waals surface area (Å²) < 4.78 is 5.36. The van der Waals surface area contributed by atoms with Crippen LogP contribution in [0.2, 0.25) is 0 Å². The first-order valence-electron chi connectivity index (χ1n) is 6.12. The Morgan fingerprint density at radius 2 is 1.83 bits per heavy atom. The average Bonchev–Trinajstić information content (AvgIpc) is 2.38. The van der Waals surface area contributed by atoms with Crippen LogP contribution in [0.1, 0.15) is 26.3 Å². The Hall–Kier alpha value is -1.83. The van der Waals surface area contributed by atoms with E-state index < -0.39 is 0 Å². The normalized spacial score (nSPS) is 11.3. The second kappa shape index (κ2) is 4.81. The number of benzene rings is 1. The molecule has 0 spiro atoms. The Labute approximate surface area is 109 Å². The van der Waals surface area contributed by atoms with Gasteiger partial charge in [-0.05, 0) is 29.2 Å². The first kappa shape index (κ1) is 12.6. The lowest BCUT2D eigenvalue weighted by Crippen LogP contribution is -2.10. The number of pyridine rings is 1. The van der Waals surface area contributed by atoms with Gasteiger partial charge in [-0.3, -0.25) is 4.98 Å². The minimum atomic E-state index is 0.137. The average molecular weight is 241 g/mol. The lowest BCUT2D eigenvalue weighted by atomic mass is 9.86. The van der Waals surface area contributed by atoms with E-state index >= 15 is 0 Å². The van der Waals surface area contributed by atoms with Crippen LogP contribution in [0.25, 0.3) is 11.3 Å². The van der Waals surface area contributed by atoms with Crippen LogP contribution >= 0.6 is 0 Å². The van der Waals surface area contributed by atoms with Gasteiger partial charge in [0.05, 0.1) is 7.11 Å². The van der Waals surface area contributed by atoms with E-state index in [9.17, 15) is 0 Å². The van der Waals surface area contributed by atoms with Crippen LogP contribution in [-0.2, 0) is 5.41 Å². The summed E-state index contributed by atoms with van der Waals surface area (Å²) in [6, 6.07) is 12.3. The summed E-state index contributed by atoms with van der Waals surface area (Å²) in [5.41, 5.74) is 3.43. The van der Waals surface area contributed by atoms with Crippen molar-refractivity contribution in [1.82, 2.24) is 4.98 Å². The third-order valence-electron chi connectivity index (χ3n) is 2.99. The van der Waals surface area contributed by atoms with Crippen LogP contribution in [-0.4, -0.2) is 12.1 Å². The van der Waals surface area contributed by atoms with Gasteiger partial charge in [0.2, 0.25) is 0 Å². The van der Waals surface area contributed by atoms with Gasteiger partial charge in [-0.25, -0.2) is 0 Å². The molecule has 2 heteroatoms. The number of methoxy groups -OCH3 is 1. The van der Waals surface area contributed by atoms with E-state index in [0.717, 1.165) is 17.0 Å². The molecule has 0 saturated carbocycles. The molecule has 0 atom stereocenters. The summed E-state index contributed by atoms with van der Waals surface area (Å²) in [6.07, 6.45) is 1.79. The molecule has 0 aliphatic heterocycles. The largest absolute Gasteiger partial charge is 0.494 e. The number of hydrogen-bond acceptors (Lipinski definition) is 2. The van der Waals surface area contributed by atoms with Crippen molar-refractivity contribution in [3.63, 3.8) is 0 Å². The molecule has 0 unspecified atom stereocenters. The van der Waals surface area contributed by atoms with Gasteiger partial charge in [0.15, 0.2) is 0 Å². The minimum Gasteiger partial charge on any atom is -0.494 e. The van der Waals surface area contributed by atoms with Gasteiger partial charge in [0.1, 0.15) is 11.4 Å². The zero-order valence-corrected chi connectivity index (χ0v) is 11.4. The van der Waals surface area contributed by atoms with Gasteiger partial charge in [0, 0.05) is 11.8 Å². The highest BCUT2D eigenvalue weighted by Gasteiger charge is 2.15. The number of rotatable bonds is 2. The molecule has 0 radical (unpaired) electrons. The van der Waals surface area contributed by atoms with E-state index in [1.165, 1.54) is 5.56 Å². The topological polar surface area (TPSA) is 22.1 Å². The van der Waals surface area contributed by atoms with E-state index in [-0.39, 0.29) is 5.41 Å². The molecule has 2 rings (SSSR count). The number of ether oxygens (including phenoxy) is 1. The molecular weight excluding hydrogens is 222 g/mol. The summed E-state index contributed by atoms with van der Waals surface area (Å²) >= 11 is 0. The second-order valence-electron chi connectivity index (χ2n) is 5.39. The third kappa shape index (κ3) is 2.53. The van der Waals surface area contributed by atoms with Gasteiger partial charge < -0.3 is 4.74 Å². The Kier molecular flexibility index (Phi) is 3.37. The molecule has 0 N–H and O–H groups in total. The molecular formula is C16H19NO. The van der Waals surface area contributed by atoms with Gasteiger partial charge in [-0.1, -0.05) is 39.0 Å². The van der Waals surface area contributed by atoms with E-state index in [1.807, 2.05) is 12.1 Å². The van der Waals surface area contributed by atoms with Crippen molar-refractivity contribution < 1.29 is 4.74 Å². The fourth-order valence-corrected chi connectivity index (χ4v) is 1.91. The van der Waals surface area contributed by atoms with Crippen LogP contribution < -0.4 is 4.74 Å². The maximum atomic E-state index is 5.36.